The minimum Gasteiger partial charge on any atom is -0.381 e. The number of hydrogen-bond acceptors (Lipinski definition) is 2. The second-order valence-corrected chi connectivity index (χ2v) is 5.00. The molecule has 2 aromatic rings. The summed E-state index contributed by atoms with van der Waals surface area (Å²) in [5, 5.41) is 0.785. The van der Waals surface area contributed by atoms with Crippen LogP contribution in [0.3, 0.4) is 0 Å². The molecule has 3 heteroatoms. The first-order valence-corrected chi connectivity index (χ1v) is 5.80. The molecular formula is C14H17FN2. The Morgan fingerprint density at radius 1 is 1.29 bits per heavy atom. The van der Waals surface area contributed by atoms with Crippen LogP contribution >= 0.6 is 0 Å². The number of fused-ring (bicyclic) bond motifs is 1. The van der Waals surface area contributed by atoms with Gasteiger partial charge < -0.3 is 5.73 Å². The highest BCUT2D eigenvalue weighted by atomic mass is 19.1. The normalized spacial score (nSPS) is 12.0. The van der Waals surface area contributed by atoms with Crippen LogP contribution in [0.4, 0.5) is 10.2 Å². The third kappa shape index (κ3) is 2.09. The summed E-state index contributed by atoms with van der Waals surface area (Å²) in [5.41, 5.74) is 7.54. The van der Waals surface area contributed by atoms with Crippen molar-refractivity contribution in [2.45, 2.75) is 32.6 Å². The molecule has 0 fully saturated rings. The van der Waals surface area contributed by atoms with E-state index in [0.717, 1.165) is 17.3 Å². The monoisotopic (exact) mass is 232 g/mol. The van der Waals surface area contributed by atoms with Gasteiger partial charge in [0.2, 0.25) is 0 Å². The highest BCUT2D eigenvalue weighted by Crippen LogP contribution is 2.29. The van der Waals surface area contributed by atoms with E-state index >= 15 is 0 Å². The van der Waals surface area contributed by atoms with E-state index in [2.05, 4.69) is 25.8 Å². The van der Waals surface area contributed by atoms with Crippen LogP contribution in [0.5, 0.6) is 0 Å². The summed E-state index contributed by atoms with van der Waals surface area (Å²) >= 11 is 0. The molecule has 0 bridgehead atoms. The van der Waals surface area contributed by atoms with Gasteiger partial charge in [0, 0.05) is 5.39 Å². The third-order valence-corrected chi connectivity index (χ3v) is 3.46. The highest BCUT2D eigenvalue weighted by Gasteiger charge is 2.18. The molecule has 2 rings (SSSR count). The fourth-order valence-corrected chi connectivity index (χ4v) is 1.78. The van der Waals surface area contributed by atoms with Crippen LogP contribution in [-0.2, 0) is 5.41 Å². The number of nitrogens with zero attached hydrogens (tertiary/aromatic N) is 1. The molecule has 2 nitrogen and oxygen atoms in total. The summed E-state index contributed by atoms with van der Waals surface area (Å²) in [5.74, 6) is -0.496. The number of rotatable bonds is 2. The van der Waals surface area contributed by atoms with E-state index in [1.165, 1.54) is 11.6 Å². The molecule has 0 saturated heterocycles. The van der Waals surface area contributed by atoms with Crippen molar-refractivity contribution in [2.24, 2.45) is 0 Å². The summed E-state index contributed by atoms with van der Waals surface area (Å²) in [6.45, 7) is 6.51. The number of benzene rings is 1. The van der Waals surface area contributed by atoms with Gasteiger partial charge in [-0.15, -0.1) is 0 Å². The zero-order valence-electron chi connectivity index (χ0n) is 10.4. The topological polar surface area (TPSA) is 38.9 Å². The molecule has 0 unspecified atom stereocenters. The molecule has 0 aliphatic heterocycles. The van der Waals surface area contributed by atoms with E-state index in [4.69, 9.17) is 5.73 Å². The number of halogens is 1. The van der Waals surface area contributed by atoms with E-state index in [0.29, 0.717) is 0 Å². The number of nitrogen functional groups attached to an aromatic ring is 1. The Balaban J connectivity index is 2.62. The Bertz CT molecular complexity index is 561. The zero-order chi connectivity index (χ0) is 12.6. The molecule has 2 N–H and O–H groups in total. The molecule has 0 aliphatic rings. The van der Waals surface area contributed by atoms with Crippen LogP contribution in [0.15, 0.2) is 24.3 Å². The standard InChI is InChI=1S/C14H17FN2/c1-4-14(2,3)10-6-5-9-7-11(15)13(16)17-12(9)8-10/h5-8H,4H2,1-3H3,(H2,16,17). The Labute approximate surface area is 101 Å². The van der Waals surface area contributed by atoms with E-state index in [1.54, 1.807) is 0 Å². The van der Waals surface area contributed by atoms with Gasteiger partial charge >= 0.3 is 0 Å². The van der Waals surface area contributed by atoms with Gasteiger partial charge in [0.25, 0.3) is 0 Å². The fraction of sp³-hybridized carbons (Fsp3) is 0.357. The average Bonchev–Trinajstić information content (AvgIpc) is 2.30. The maximum Gasteiger partial charge on any atom is 0.165 e. The van der Waals surface area contributed by atoms with Crippen LogP contribution in [-0.4, -0.2) is 4.98 Å². The molecule has 0 saturated carbocycles. The van der Waals surface area contributed by atoms with E-state index < -0.39 is 5.82 Å². The first-order valence-electron chi connectivity index (χ1n) is 5.80. The van der Waals surface area contributed by atoms with Gasteiger partial charge in [0.1, 0.15) is 0 Å². The van der Waals surface area contributed by atoms with Crippen LogP contribution in [0.1, 0.15) is 32.8 Å². The summed E-state index contributed by atoms with van der Waals surface area (Å²) in [6.07, 6.45) is 1.04. The maximum atomic E-state index is 13.3. The van der Waals surface area contributed by atoms with Crippen LogP contribution in [0.25, 0.3) is 10.9 Å². The minimum absolute atomic E-state index is 0.0380. The van der Waals surface area contributed by atoms with Crippen LogP contribution in [0, 0.1) is 5.82 Å². The summed E-state index contributed by atoms with van der Waals surface area (Å²) < 4.78 is 13.3. The number of nitrogens with two attached hydrogens (primary N) is 1. The molecule has 0 radical (unpaired) electrons. The van der Waals surface area contributed by atoms with Crippen molar-refractivity contribution in [2.75, 3.05) is 5.73 Å². The first-order chi connectivity index (χ1) is 7.94. The van der Waals surface area contributed by atoms with Crippen LogP contribution < -0.4 is 5.73 Å². The van der Waals surface area contributed by atoms with Gasteiger partial charge in [-0.3, -0.25) is 0 Å². The smallest absolute Gasteiger partial charge is 0.165 e. The number of aromatic nitrogens is 1. The Morgan fingerprint density at radius 2 is 2.00 bits per heavy atom. The molecule has 17 heavy (non-hydrogen) atoms. The predicted molar refractivity (Wildman–Crippen MR) is 69.4 cm³/mol. The first kappa shape index (κ1) is 11.8. The Kier molecular flexibility index (Phi) is 2.77. The van der Waals surface area contributed by atoms with Crippen molar-refractivity contribution in [3.63, 3.8) is 0 Å². The van der Waals surface area contributed by atoms with E-state index in [1.807, 2.05) is 18.2 Å². The van der Waals surface area contributed by atoms with Crippen molar-refractivity contribution < 1.29 is 4.39 Å². The van der Waals surface area contributed by atoms with E-state index in [9.17, 15) is 4.39 Å². The zero-order valence-corrected chi connectivity index (χ0v) is 10.4. The summed E-state index contributed by atoms with van der Waals surface area (Å²) in [4.78, 5) is 4.09. The fourth-order valence-electron chi connectivity index (χ4n) is 1.78. The highest BCUT2D eigenvalue weighted by molar-refractivity contribution is 5.81. The predicted octanol–water partition coefficient (Wildman–Crippen LogP) is 3.64. The van der Waals surface area contributed by atoms with E-state index in [-0.39, 0.29) is 11.2 Å². The molecule has 0 atom stereocenters. The lowest BCUT2D eigenvalue weighted by molar-refractivity contribution is 0.507. The van der Waals surface area contributed by atoms with Crippen molar-refractivity contribution in [3.05, 3.63) is 35.6 Å². The van der Waals surface area contributed by atoms with Gasteiger partial charge in [0.15, 0.2) is 11.6 Å². The number of hydrogen-bond donors (Lipinski definition) is 1. The largest absolute Gasteiger partial charge is 0.381 e. The number of pyridine rings is 1. The lowest BCUT2D eigenvalue weighted by atomic mass is 9.82. The van der Waals surface area contributed by atoms with Crippen molar-refractivity contribution in [3.8, 4) is 0 Å². The van der Waals surface area contributed by atoms with Crippen molar-refractivity contribution in [1.82, 2.24) is 4.98 Å². The molecule has 0 amide bonds. The molecular weight excluding hydrogens is 215 g/mol. The average molecular weight is 232 g/mol. The number of anilines is 1. The van der Waals surface area contributed by atoms with Gasteiger partial charge in [-0.2, -0.15) is 0 Å². The van der Waals surface area contributed by atoms with Crippen LogP contribution in [0.2, 0.25) is 0 Å². The lowest BCUT2D eigenvalue weighted by Crippen LogP contribution is -2.15. The third-order valence-electron chi connectivity index (χ3n) is 3.46. The maximum absolute atomic E-state index is 13.3. The van der Waals surface area contributed by atoms with Gasteiger partial charge in [-0.1, -0.05) is 32.9 Å². The molecule has 90 valence electrons. The van der Waals surface area contributed by atoms with Crippen molar-refractivity contribution in [1.29, 1.82) is 0 Å². The summed E-state index contributed by atoms with van der Waals surface area (Å²) in [7, 11) is 0. The second-order valence-electron chi connectivity index (χ2n) is 5.00. The molecule has 1 aromatic carbocycles. The second kappa shape index (κ2) is 3.99. The van der Waals surface area contributed by atoms with Gasteiger partial charge in [0.05, 0.1) is 5.52 Å². The molecule has 0 aliphatic carbocycles. The SMILES string of the molecule is CCC(C)(C)c1ccc2cc(F)c(N)nc2c1. The quantitative estimate of drug-likeness (QED) is 0.858. The Morgan fingerprint density at radius 3 is 2.65 bits per heavy atom. The van der Waals surface area contributed by atoms with Crippen molar-refractivity contribution >= 4 is 16.7 Å². The molecule has 1 aromatic heterocycles. The minimum atomic E-state index is -0.458. The molecule has 0 spiro atoms. The summed E-state index contributed by atoms with van der Waals surface area (Å²) in [6, 6.07) is 7.36. The van der Waals surface area contributed by atoms with Gasteiger partial charge in [-0.05, 0) is 29.5 Å². The Hall–Kier alpha value is -1.64. The van der Waals surface area contributed by atoms with Gasteiger partial charge in [-0.25, -0.2) is 9.37 Å². The molecule has 1 heterocycles. The lowest BCUT2D eigenvalue weighted by Gasteiger charge is -2.23.